The number of rotatable bonds is 6. The van der Waals surface area contributed by atoms with Crippen LogP contribution in [0.1, 0.15) is 0 Å². The standard InChI is InChI=1S/C14H15ClOP2S3/c15-18(16,14-6-3-11-21-14)8-7-17(12-4-1-9-19-12)13-5-2-10-20-13/h1-6,9-11,16,18H,7-8H2. The first-order chi connectivity index (χ1) is 10.2. The molecule has 0 saturated carbocycles. The normalized spacial score (nSPS) is 12.9. The van der Waals surface area contributed by atoms with Crippen LogP contribution in [0.4, 0.5) is 0 Å². The number of halogens is 1. The van der Waals surface area contributed by atoms with Gasteiger partial charge in [0, 0.05) is 0 Å². The summed E-state index contributed by atoms with van der Waals surface area (Å²) < 4.78 is 3.80. The molecule has 0 aromatic carbocycles. The van der Waals surface area contributed by atoms with E-state index in [1.165, 1.54) is 9.24 Å². The second kappa shape index (κ2) is 7.19. The molecular weight excluding hydrogens is 378 g/mol. The molecule has 0 fully saturated rings. The van der Waals surface area contributed by atoms with Gasteiger partial charge in [0.25, 0.3) is 0 Å². The van der Waals surface area contributed by atoms with E-state index in [9.17, 15) is 4.89 Å². The predicted octanol–water partition coefficient (Wildman–Crippen LogP) is 4.44. The van der Waals surface area contributed by atoms with E-state index in [1.807, 2.05) is 17.5 Å². The van der Waals surface area contributed by atoms with Gasteiger partial charge in [0.2, 0.25) is 0 Å². The SMILES string of the molecule is O[PH](Cl)(CCP(c1cccs1)c1cccs1)c1cccs1. The van der Waals surface area contributed by atoms with Crippen LogP contribution in [0.5, 0.6) is 0 Å². The zero-order valence-corrected chi connectivity index (χ0v) is 16.2. The zero-order chi connectivity index (χ0) is 14.7. The Morgan fingerprint density at radius 2 is 1.52 bits per heavy atom. The maximum absolute atomic E-state index is 10.7. The van der Waals surface area contributed by atoms with Crippen molar-refractivity contribution >= 4 is 73.9 Å². The Labute approximate surface area is 143 Å². The van der Waals surface area contributed by atoms with E-state index in [2.05, 4.69) is 35.0 Å². The topological polar surface area (TPSA) is 20.2 Å². The first kappa shape index (κ1) is 16.1. The summed E-state index contributed by atoms with van der Waals surface area (Å²) >= 11 is 11.7. The summed E-state index contributed by atoms with van der Waals surface area (Å²) in [5.41, 5.74) is 0. The summed E-state index contributed by atoms with van der Waals surface area (Å²) in [7, 11) is -0.385. The monoisotopic (exact) mass is 392 g/mol. The van der Waals surface area contributed by atoms with Crippen molar-refractivity contribution in [3.05, 3.63) is 52.5 Å². The molecule has 21 heavy (non-hydrogen) atoms. The minimum atomic E-state index is -2.80. The van der Waals surface area contributed by atoms with Gasteiger partial charge in [-0.25, -0.2) is 0 Å². The molecule has 0 spiro atoms. The maximum atomic E-state index is 10.7. The van der Waals surface area contributed by atoms with Crippen molar-refractivity contribution < 1.29 is 4.89 Å². The third-order valence-electron chi connectivity index (χ3n) is 3.11. The third kappa shape index (κ3) is 3.95. The van der Waals surface area contributed by atoms with E-state index in [4.69, 9.17) is 11.2 Å². The molecule has 0 atom stereocenters. The van der Waals surface area contributed by atoms with Crippen molar-refractivity contribution in [3.8, 4) is 0 Å². The van der Waals surface area contributed by atoms with Gasteiger partial charge in [0.15, 0.2) is 0 Å². The van der Waals surface area contributed by atoms with Gasteiger partial charge in [-0.05, 0) is 0 Å². The first-order valence-corrected chi connectivity index (χ1v) is 13.8. The van der Waals surface area contributed by atoms with Crippen LogP contribution in [0.25, 0.3) is 0 Å². The first-order valence-electron chi connectivity index (χ1n) is 6.47. The van der Waals surface area contributed by atoms with Gasteiger partial charge >= 0.3 is 144 Å². The van der Waals surface area contributed by atoms with Crippen molar-refractivity contribution in [1.82, 2.24) is 0 Å². The number of hydrogen-bond donors (Lipinski definition) is 1. The predicted molar refractivity (Wildman–Crippen MR) is 105 cm³/mol. The van der Waals surface area contributed by atoms with Gasteiger partial charge in [-0.1, -0.05) is 0 Å². The molecule has 0 aliphatic rings. The molecular formula is C14H15ClOP2S3. The second-order valence-corrected chi connectivity index (χ2v) is 15.1. The summed E-state index contributed by atoms with van der Waals surface area (Å²) in [6.07, 6.45) is 1.66. The minimum absolute atomic E-state index is 0.385. The zero-order valence-electron chi connectivity index (χ0n) is 11.1. The van der Waals surface area contributed by atoms with Gasteiger partial charge in [-0.15, -0.1) is 0 Å². The van der Waals surface area contributed by atoms with Crippen LogP contribution in [0.3, 0.4) is 0 Å². The molecule has 7 heteroatoms. The van der Waals surface area contributed by atoms with Gasteiger partial charge in [-0.3, -0.25) is 0 Å². The summed E-state index contributed by atoms with van der Waals surface area (Å²) in [5.74, 6) is 0. The summed E-state index contributed by atoms with van der Waals surface area (Å²) in [5, 5.41) is 6.24. The Morgan fingerprint density at radius 3 is 2.00 bits per heavy atom. The van der Waals surface area contributed by atoms with E-state index >= 15 is 0 Å². The molecule has 3 rings (SSSR count). The molecule has 0 saturated heterocycles. The van der Waals surface area contributed by atoms with Gasteiger partial charge in [0.1, 0.15) is 0 Å². The quantitative estimate of drug-likeness (QED) is 0.615. The van der Waals surface area contributed by atoms with E-state index in [0.29, 0.717) is 6.16 Å². The summed E-state index contributed by atoms with van der Waals surface area (Å²) in [4.78, 5) is 10.7. The van der Waals surface area contributed by atoms with Crippen LogP contribution >= 0.6 is 60.0 Å². The molecule has 0 amide bonds. The van der Waals surface area contributed by atoms with E-state index < -0.39 is 6.84 Å². The van der Waals surface area contributed by atoms with Crippen LogP contribution in [0.2, 0.25) is 0 Å². The molecule has 3 aromatic heterocycles. The molecule has 0 unspecified atom stereocenters. The summed E-state index contributed by atoms with van der Waals surface area (Å²) in [6.45, 7) is -2.80. The Morgan fingerprint density at radius 1 is 0.952 bits per heavy atom. The van der Waals surface area contributed by atoms with Crippen molar-refractivity contribution in [2.24, 2.45) is 0 Å². The fraction of sp³-hybridized carbons (Fsp3) is 0.143. The van der Waals surface area contributed by atoms with Crippen LogP contribution in [-0.2, 0) is 0 Å². The molecule has 0 aliphatic carbocycles. The van der Waals surface area contributed by atoms with Crippen molar-refractivity contribution in [3.63, 3.8) is 0 Å². The number of hydrogen-bond acceptors (Lipinski definition) is 4. The van der Waals surface area contributed by atoms with Gasteiger partial charge in [-0.2, -0.15) is 0 Å². The van der Waals surface area contributed by atoms with Crippen LogP contribution in [0, 0.1) is 0 Å². The molecule has 1 nitrogen and oxygen atoms in total. The van der Waals surface area contributed by atoms with Crippen LogP contribution in [-0.4, -0.2) is 17.2 Å². The van der Waals surface area contributed by atoms with Crippen molar-refractivity contribution in [1.29, 1.82) is 0 Å². The molecule has 3 heterocycles. The molecule has 3 aromatic rings. The molecule has 112 valence electrons. The van der Waals surface area contributed by atoms with E-state index in [1.54, 1.807) is 34.0 Å². The molecule has 0 radical (unpaired) electrons. The van der Waals surface area contributed by atoms with Crippen molar-refractivity contribution in [2.45, 2.75) is 0 Å². The average molecular weight is 393 g/mol. The van der Waals surface area contributed by atoms with Gasteiger partial charge < -0.3 is 0 Å². The molecule has 1 N–H and O–H groups in total. The Kier molecular flexibility index (Phi) is 5.50. The Hall–Kier alpha value is 0.210. The van der Waals surface area contributed by atoms with E-state index in [0.717, 1.165) is 10.8 Å². The van der Waals surface area contributed by atoms with Crippen LogP contribution < -0.4 is 13.9 Å². The van der Waals surface area contributed by atoms with Crippen molar-refractivity contribution in [2.75, 3.05) is 12.3 Å². The Balaban J connectivity index is 1.77. The Bertz CT molecular complexity index is 616. The fourth-order valence-corrected chi connectivity index (χ4v) is 12.6. The third-order valence-corrected chi connectivity index (χ3v) is 14.3. The molecule has 0 aliphatic heterocycles. The summed E-state index contributed by atoms with van der Waals surface area (Å²) in [6, 6.07) is 12.5. The average Bonchev–Trinajstić information content (AvgIpc) is 3.23. The number of thiophene rings is 3. The van der Waals surface area contributed by atoms with Gasteiger partial charge in [0.05, 0.1) is 0 Å². The van der Waals surface area contributed by atoms with E-state index in [-0.39, 0.29) is 7.92 Å². The van der Waals surface area contributed by atoms with Crippen LogP contribution in [0.15, 0.2) is 52.5 Å². The molecule has 0 bridgehead atoms. The fourth-order valence-electron chi connectivity index (χ4n) is 2.06. The second-order valence-electron chi connectivity index (χ2n) is 4.54.